The smallest absolute Gasteiger partial charge is 0.208 e. The summed E-state index contributed by atoms with van der Waals surface area (Å²) in [6.45, 7) is 2.06. The largest absolute Gasteiger partial charge is 0.388 e. The van der Waals surface area contributed by atoms with E-state index in [0.717, 1.165) is 55.3 Å². The minimum Gasteiger partial charge on any atom is -0.388 e. The molecule has 0 radical (unpaired) electrons. The molecule has 1 aliphatic rings. The molecule has 2 N–H and O–H groups in total. The Bertz CT molecular complexity index is 927. The average molecular weight is 365 g/mol. The number of rotatable bonds is 6. The molecule has 0 unspecified atom stereocenters. The SMILES string of the molecule is O=C(CO)c1ccc(Nc2nc3ccccc3n2CC2CCOCC2)cc1. The van der Waals surface area contributed by atoms with Crippen molar-refractivity contribution in [2.75, 3.05) is 25.1 Å². The van der Waals surface area contributed by atoms with Gasteiger partial charge in [0.2, 0.25) is 5.95 Å². The first kappa shape index (κ1) is 17.7. The van der Waals surface area contributed by atoms with Crippen molar-refractivity contribution in [2.24, 2.45) is 5.92 Å². The van der Waals surface area contributed by atoms with E-state index in [9.17, 15) is 4.79 Å². The molecule has 0 bridgehead atoms. The van der Waals surface area contributed by atoms with Gasteiger partial charge in [-0.3, -0.25) is 4.79 Å². The molecular weight excluding hydrogens is 342 g/mol. The van der Waals surface area contributed by atoms with Crippen LogP contribution in [0.25, 0.3) is 11.0 Å². The fourth-order valence-corrected chi connectivity index (χ4v) is 3.50. The highest BCUT2D eigenvalue weighted by Crippen LogP contribution is 2.27. The second-order valence-corrected chi connectivity index (χ2v) is 6.87. The number of carbonyl (C=O) groups excluding carboxylic acids is 1. The molecule has 6 nitrogen and oxygen atoms in total. The summed E-state index contributed by atoms with van der Waals surface area (Å²) in [6.07, 6.45) is 2.12. The number of aliphatic hydroxyl groups excluding tert-OH is 1. The number of anilines is 2. The first-order valence-electron chi connectivity index (χ1n) is 9.29. The van der Waals surface area contributed by atoms with Gasteiger partial charge in [-0.1, -0.05) is 12.1 Å². The Morgan fingerprint density at radius 1 is 1.15 bits per heavy atom. The predicted octanol–water partition coefficient (Wildman–Crippen LogP) is 3.38. The fourth-order valence-electron chi connectivity index (χ4n) is 3.50. The van der Waals surface area contributed by atoms with E-state index in [1.807, 2.05) is 30.3 Å². The first-order chi connectivity index (χ1) is 13.2. The standard InChI is InChI=1S/C21H23N3O3/c25-14-20(26)16-5-7-17(8-6-16)22-21-23-18-3-1-2-4-19(18)24(21)13-15-9-11-27-12-10-15/h1-8,15,25H,9-14H2,(H,22,23). The zero-order valence-corrected chi connectivity index (χ0v) is 15.1. The van der Waals surface area contributed by atoms with Gasteiger partial charge in [0.1, 0.15) is 6.61 Å². The molecule has 140 valence electrons. The Labute approximate surface area is 157 Å². The lowest BCUT2D eigenvalue weighted by atomic mass is 10.0. The summed E-state index contributed by atoms with van der Waals surface area (Å²) in [4.78, 5) is 16.3. The van der Waals surface area contributed by atoms with Gasteiger partial charge in [0.15, 0.2) is 5.78 Å². The van der Waals surface area contributed by atoms with Crippen molar-refractivity contribution in [3.05, 3.63) is 54.1 Å². The van der Waals surface area contributed by atoms with Crippen molar-refractivity contribution in [1.82, 2.24) is 9.55 Å². The van der Waals surface area contributed by atoms with Gasteiger partial charge in [-0.05, 0) is 55.2 Å². The van der Waals surface area contributed by atoms with E-state index < -0.39 is 6.61 Å². The van der Waals surface area contributed by atoms with Crippen molar-refractivity contribution >= 4 is 28.5 Å². The van der Waals surface area contributed by atoms with Crippen LogP contribution < -0.4 is 5.32 Å². The summed E-state index contributed by atoms with van der Waals surface area (Å²) in [5.41, 5.74) is 3.42. The Balaban J connectivity index is 1.62. The number of Topliss-reactive ketones (excluding diaryl/α,β-unsaturated/α-hetero) is 1. The second-order valence-electron chi connectivity index (χ2n) is 6.87. The summed E-state index contributed by atoms with van der Waals surface area (Å²) < 4.78 is 7.72. The average Bonchev–Trinajstić information content (AvgIpc) is 3.06. The number of fused-ring (bicyclic) bond motifs is 1. The van der Waals surface area contributed by atoms with E-state index in [-0.39, 0.29) is 5.78 Å². The minimum atomic E-state index is -0.478. The van der Waals surface area contributed by atoms with Crippen LogP contribution in [0.4, 0.5) is 11.6 Å². The zero-order chi connectivity index (χ0) is 18.6. The van der Waals surface area contributed by atoms with Gasteiger partial charge >= 0.3 is 0 Å². The summed E-state index contributed by atoms with van der Waals surface area (Å²) in [5, 5.41) is 12.4. The number of benzene rings is 2. The molecule has 0 spiro atoms. The number of aromatic nitrogens is 2. The molecule has 0 atom stereocenters. The molecule has 0 saturated carbocycles. The van der Waals surface area contributed by atoms with E-state index in [1.54, 1.807) is 12.1 Å². The fraction of sp³-hybridized carbons (Fsp3) is 0.333. The highest BCUT2D eigenvalue weighted by atomic mass is 16.5. The van der Waals surface area contributed by atoms with E-state index in [1.165, 1.54) is 0 Å². The zero-order valence-electron chi connectivity index (χ0n) is 15.1. The van der Waals surface area contributed by atoms with Crippen LogP contribution in [0.2, 0.25) is 0 Å². The molecule has 2 aromatic carbocycles. The lowest BCUT2D eigenvalue weighted by Gasteiger charge is -2.23. The minimum absolute atomic E-state index is 0.284. The lowest BCUT2D eigenvalue weighted by Crippen LogP contribution is -2.21. The van der Waals surface area contributed by atoms with Gasteiger partial charge in [0.25, 0.3) is 0 Å². The van der Waals surface area contributed by atoms with Crippen LogP contribution in [-0.4, -0.2) is 40.3 Å². The Kier molecular flexibility index (Phi) is 5.18. The Hall–Kier alpha value is -2.70. The van der Waals surface area contributed by atoms with E-state index >= 15 is 0 Å². The highest BCUT2D eigenvalue weighted by molar-refractivity contribution is 5.97. The third kappa shape index (κ3) is 3.86. The molecule has 1 aliphatic heterocycles. The predicted molar refractivity (Wildman–Crippen MR) is 104 cm³/mol. The molecule has 1 saturated heterocycles. The topological polar surface area (TPSA) is 76.4 Å². The van der Waals surface area contributed by atoms with Crippen LogP contribution in [-0.2, 0) is 11.3 Å². The number of para-hydroxylation sites is 2. The summed E-state index contributed by atoms with van der Waals surface area (Å²) >= 11 is 0. The maximum atomic E-state index is 11.6. The van der Waals surface area contributed by atoms with Gasteiger partial charge in [-0.15, -0.1) is 0 Å². The monoisotopic (exact) mass is 365 g/mol. The molecule has 0 aliphatic carbocycles. The molecule has 1 fully saturated rings. The lowest BCUT2D eigenvalue weighted by molar-refractivity contribution is 0.0617. The van der Waals surface area contributed by atoms with Crippen LogP contribution >= 0.6 is 0 Å². The molecule has 2 heterocycles. The van der Waals surface area contributed by atoms with Gasteiger partial charge in [0, 0.05) is 31.0 Å². The van der Waals surface area contributed by atoms with Crippen LogP contribution in [0.15, 0.2) is 48.5 Å². The highest BCUT2D eigenvalue weighted by Gasteiger charge is 2.18. The van der Waals surface area contributed by atoms with E-state index in [4.69, 9.17) is 14.8 Å². The number of carbonyl (C=O) groups is 1. The van der Waals surface area contributed by atoms with Gasteiger partial charge in [0.05, 0.1) is 11.0 Å². The Morgan fingerprint density at radius 3 is 2.63 bits per heavy atom. The maximum absolute atomic E-state index is 11.6. The number of hydrogen-bond acceptors (Lipinski definition) is 5. The summed E-state index contributed by atoms with van der Waals surface area (Å²) in [7, 11) is 0. The molecular formula is C21H23N3O3. The maximum Gasteiger partial charge on any atom is 0.208 e. The number of imidazole rings is 1. The quantitative estimate of drug-likeness (QED) is 0.655. The van der Waals surface area contributed by atoms with Crippen molar-refractivity contribution in [3.63, 3.8) is 0 Å². The number of ketones is 1. The molecule has 0 amide bonds. The number of ether oxygens (including phenoxy) is 1. The van der Waals surface area contributed by atoms with Crippen molar-refractivity contribution in [2.45, 2.75) is 19.4 Å². The van der Waals surface area contributed by atoms with Crippen LogP contribution in [0.1, 0.15) is 23.2 Å². The number of hydrogen-bond donors (Lipinski definition) is 2. The Morgan fingerprint density at radius 2 is 1.89 bits per heavy atom. The van der Waals surface area contributed by atoms with Crippen molar-refractivity contribution < 1.29 is 14.6 Å². The normalized spacial score (nSPS) is 15.1. The summed E-state index contributed by atoms with van der Waals surface area (Å²) in [5.74, 6) is 1.08. The van der Waals surface area contributed by atoms with Crippen LogP contribution in [0, 0.1) is 5.92 Å². The van der Waals surface area contributed by atoms with Gasteiger partial charge in [-0.25, -0.2) is 4.98 Å². The van der Waals surface area contributed by atoms with Gasteiger partial charge < -0.3 is 19.7 Å². The molecule has 4 rings (SSSR count). The molecule has 6 heteroatoms. The van der Waals surface area contributed by atoms with Crippen molar-refractivity contribution in [3.8, 4) is 0 Å². The second kappa shape index (κ2) is 7.90. The third-order valence-corrected chi connectivity index (χ3v) is 5.04. The van der Waals surface area contributed by atoms with Crippen LogP contribution in [0.3, 0.4) is 0 Å². The molecule has 3 aromatic rings. The molecule has 27 heavy (non-hydrogen) atoms. The third-order valence-electron chi connectivity index (χ3n) is 5.04. The number of nitrogens with zero attached hydrogens (tertiary/aromatic N) is 2. The summed E-state index contributed by atoms with van der Waals surface area (Å²) in [6, 6.07) is 15.2. The first-order valence-corrected chi connectivity index (χ1v) is 9.29. The number of aliphatic hydroxyl groups is 1. The van der Waals surface area contributed by atoms with Gasteiger partial charge in [-0.2, -0.15) is 0 Å². The molecule has 1 aromatic heterocycles. The van der Waals surface area contributed by atoms with Crippen molar-refractivity contribution in [1.29, 1.82) is 0 Å². The van der Waals surface area contributed by atoms with Crippen LogP contribution in [0.5, 0.6) is 0 Å². The van der Waals surface area contributed by atoms with E-state index in [0.29, 0.717) is 11.5 Å². The number of nitrogens with one attached hydrogen (secondary N) is 1. The van der Waals surface area contributed by atoms with E-state index in [2.05, 4.69) is 16.0 Å².